The molecule has 2 heterocycles. The van der Waals surface area contributed by atoms with E-state index >= 15 is 0 Å². The molecule has 270 valence electrons. The quantitative estimate of drug-likeness (QED) is 0.130. The number of carbonyl (C=O) groups is 3. The van der Waals surface area contributed by atoms with Gasteiger partial charge in [0.25, 0.3) is 0 Å². The second-order valence-corrected chi connectivity index (χ2v) is 13.4. The van der Waals surface area contributed by atoms with Crippen molar-refractivity contribution < 1.29 is 43.2 Å². The Morgan fingerprint density at radius 3 is 2.14 bits per heavy atom. The van der Waals surface area contributed by atoms with E-state index in [4.69, 9.17) is 30.1 Å². The Morgan fingerprint density at radius 1 is 1.00 bits per heavy atom. The number of terminal acetylenes is 1. The lowest BCUT2D eigenvalue weighted by Gasteiger charge is -2.35. The van der Waals surface area contributed by atoms with Crippen molar-refractivity contribution >= 4 is 29.1 Å². The van der Waals surface area contributed by atoms with Crippen LogP contribution in [0.4, 0.5) is 0 Å². The maximum absolute atomic E-state index is 13.8. The first kappa shape index (κ1) is 40.0. The van der Waals surface area contributed by atoms with Gasteiger partial charge >= 0.3 is 0 Å². The predicted molar refractivity (Wildman–Crippen MR) is 185 cm³/mol. The maximum Gasteiger partial charge on any atom is 0.246 e. The average molecular weight is 703 g/mol. The van der Waals surface area contributed by atoms with Gasteiger partial charge in [-0.05, 0) is 23.5 Å². The van der Waals surface area contributed by atoms with Crippen LogP contribution in [-0.2, 0) is 44.6 Å². The molecule has 1 saturated heterocycles. The normalized spacial score (nSPS) is 16.7. The van der Waals surface area contributed by atoms with Gasteiger partial charge in [-0.25, -0.2) is 4.98 Å². The fourth-order valence-electron chi connectivity index (χ4n) is 5.06. The van der Waals surface area contributed by atoms with Crippen molar-refractivity contribution in [1.82, 2.24) is 20.5 Å². The molecule has 14 heteroatoms. The zero-order valence-corrected chi connectivity index (χ0v) is 29.7. The van der Waals surface area contributed by atoms with E-state index in [0.717, 1.165) is 21.7 Å². The highest BCUT2D eigenvalue weighted by Crippen LogP contribution is 2.28. The number of hydrogen-bond acceptors (Lipinski definition) is 11. The van der Waals surface area contributed by atoms with Gasteiger partial charge in [0.05, 0.1) is 75.0 Å². The summed E-state index contributed by atoms with van der Waals surface area (Å²) >= 11 is 1.57. The Kier molecular flexibility index (Phi) is 17.1. The van der Waals surface area contributed by atoms with Gasteiger partial charge in [0.2, 0.25) is 17.7 Å². The van der Waals surface area contributed by atoms with Crippen molar-refractivity contribution in [3.63, 3.8) is 0 Å². The highest BCUT2D eigenvalue weighted by atomic mass is 32.1. The Bertz CT molecular complexity index is 1360. The number of amides is 3. The summed E-state index contributed by atoms with van der Waals surface area (Å²) in [5.41, 5.74) is 4.05. The number of aliphatic hydroxyl groups excluding tert-OH is 1. The molecule has 49 heavy (non-hydrogen) atoms. The topological polar surface area (TPSA) is 158 Å². The first-order valence-corrected chi connectivity index (χ1v) is 17.3. The van der Waals surface area contributed by atoms with Gasteiger partial charge in [-0.15, -0.1) is 17.8 Å². The number of hydrogen-bond donors (Lipinski definition) is 3. The van der Waals surface area contributed by atoms with Crippen LogP contribution in [0.15, 0.2) is 29.8 Å². The lowest BCUT2D eigenvalue weighted by molar-refractivity contribution is -0.144. The van der Waals surface area contributed by atoms with E-state index in [2.05, 4.69) is 21.5 Å². The van der Waals surface area contributed by atoms with E-state index in [9.17, 15) is 19.5 Å². The number of benzene rings is 1. The van der Waals surface area contributed by atoms with Gasteiger partial charge in [0.1, 0.15) is 25.3 Å². The SMILES string of the molecule is C#CCOCCOCCOCCOCCOCC(=O)NC(C(=O)N1CC(O)CC1C(=O)NCc1ccc(-c2scnc2C)cc1)C(C)(C)C. The summed E-state index contributed by atoms with van der Waals surface area (Å²) in [6.07, 6.45) is 4.34. The summed E-state index contributed by atoms with van der Waals surface area (Å²) in [6, 6.07) is 6.05. The molecule has 0 saturated carbocycles. The number of likely N-dealkylation sites (tertiary alicyclic amines) is 1. The molecule has 0 spiro atoms. The molecule has 13 nitrogen and oxygen atoms in total. The highest BCUT2D eigenvalue weighted by molar-refractivity contribution is 7.13. The highest BCUT2D eigenvalue weighted by Gasteiger charge is 2.44. The van der Waals surface area contributed by atoms with E-state index < -0.39 is 35.4 Å². The van der Waals surface area contributed by atoms with Crippen LogP contribution < -0.4 is 10.6 Å². The Hall–Kier alpha value is -3.42. The van der Waals surface area contributed by atoms with Crippen molar-refractivity contribution in [2.24, 2.45) is 5.41 Å². The number of ether oxygens (including phenoxy) is 5. The molecule has 0 bridgehead atoms. The monoisotopic (exact) mass is 702 g/mol. The first-order chi connectivity index (χ1) is 23.5. The molecule has 3 unspecified atom stereocenters. The smallest absolute Gasteiger partial charge is 0.246 e. The van der Waals surface area contributed by atoms with Crippen molar-refractivity contribution in [2.75, 3.05) is 72.6 Å². The van der Waals surface area contributed by atoms with Gasteiger partial charge in [0, 0.05) is 19.5 Å². The minimum Gasteiger partial charge on any atom is -0.391 e. The summed E-state index contributed by atoms with van der Waals surface area (Å²) < 4.78 is 26.8. The zero-order chi connectivity index (χ0) is 35.6. The third kappa shape index (κ3) is 13.8. The van der Waals surface area contributed by atoms with Crippen LogP contribution in [-0.4, -0.2) is 124 Å². The largest absolute Gasteiger partial charge is 0.391 e. The summed E-state index contributed by atoms with van der Waals surface area (Å²) in [6.45, 7) is 10.6. The molecule has 3 amide bonds. The number of rotatable bonds is 21. The first-order valence-electron chi connectivity index (χ1n) is 16.4. The van der Waals surface area contributed by atoms with Gasteiger partial charge in [0.15, 0.2) is 0 Å². The molecule has 1 aliphatic heterocycles. The number of aliphatic hydroxyl groups is 1. The number of nitrogens with zero attached hydrogens (tertiary/aromatic N) is 2. The minimum atomic E-state index is -0.945. The Labute approximate surface area is 293 Å². The molecule has 3 atom stereocenters. The lowest BCUT2D eigenvalue weighted by atomic mass is 9.85. The van der Waals surface area contributed by atoms with E-state index in [-0.39, 0.29) is 51.8 Å². The third-order valence-electron chi connectivity index (χ3n) is 7.62. The summed E-state index contributed by atoms with van der Waals surface area (Å²) in [4.78, 5) is 46.6. The average Bonchev–Trinajstić information content (AvgIpc) is 3.68. The standard InChI is InChI=1S/C35H50N4O9S/c1-6-11-44-12-13-45-14-15-46-16-17-47-18-19-48-23-30(41)38-32(35(3,4)5)34(43)39-22-28(40)20-29(39)33(42)36-21-26-7-9-27(10-8-26)31-25(2)37-24-49-31/h1,7-10,24,28-29,32,40H,11-23H2,2-5H3,(H,36,42)(H,38,41). The molecule has 0 radical (unpaired) electrons. The van der Waals surface area contributed by atoms with Crippen LogP contribution in [0.5, 0.6) is 0 Å². The molecule has 3 rings (SSSR count). The molecule has 1 fully saturated rings. The van der Waals surface area contributed by atoms with E-state index in [0.29, 0.717) is 39.6 Å². The van der Waals surface area contributed by atoms with Crippen LogP contribution >= 0.6 is 11.3 Å². The van der Waals surface area contributed by atoms with Crippen LogP contribution in [0.3, 0.4) is 0 Å². The minimum absolute atomic E-state index is 0.00500. The van der Waals surface area contributed by atoms with E-state index in [1.807, 2.05) is 57.5 Å². The maximum atomic E-state index is 13.8. The molecule has 1 aliphatic rings. The number of aromatic nitrogens is 1. The van der Waals surface area contributed by atoms with Crippen molar-refractivity contribution in [2.45, 2.75) is 58.8 Å². The van der Waals surface area contributed by atoms with Crippen molar-refractivity contribution in [3.8, 4) is 22.8 Å². The van der Waals surface area contributed by atoms with Crippen LogP contribution in [0.1, 0.15) is 38.4 Å². The van der Waals surface area contributed by atoms with Crippen molar-refractivity contribution in [3.05, 3.63) is 41.0 Å². The van der Waals surface area contributed by atoms with E-state index in [1.54, 1.807) is 11.3 Å². The third-order valence-corrected chi connectivity index (χ3v) is 8.60. The van der Waals surface area contributed by atoms with Gasteiger partial charge in [-0.1, -0.05) is 51.0 Å². The summed E-state index contributed by atoms with van der Waals surface area (Å²) in [7, 11) is 0. The Balaban J connectivity index is 1.38. The van der Waals surface area contributed by atoms with Gasteiger partial charge < -0.3 is 44.3 Å². The molecule has 1 aromatic heterocycles. The molecular formula is C35H50N4O9S. The number of aryl methyl sites for hydroxylation is 1. The summed E-state index contributed by atoms with van der Waals surface area (Å²) in [5, 5.41) is 16.1. The van der Waals surface area contributed by atoms with Crippen LogP contribution in [0, 0.1) is 24.7 Å². The fourth-order valence-corrected chi connectivity index (χ4v) is 5.87. The van der Waals surface area contributed by atoms with E-state index in [1.165, 1.54) is 4.90 Å². The molecular weight excluding hydrogens is 652 g/mol. The second-order valence-electron chi connectivity index (χ2n) is 12.6. The lowest BCUT2D eigenvalue weighted by Crippen LogP contribution is -2.58. The molecule has 3 N–H and O–H groups in total. The van der Waals surface area contributed by atoms with Crippen LogP contribution in [0.25, 0.3) is 10.4 Å². The van der Waals surface area contributed by atoms with Gasteiger partial charge in [-0.2, -0.15) is 0 Å². The van der Waals surface area contributed by atoms with Crippen LogP contribution in [0.2, 0.25) is 0 Å². The number of β-amino-alcohol motifs (C(OH)–C–C–N with tert-alkyl or cyclic N) is 1. The van der Waals surface area contributed by atoms with Crippen molar-refractivity contribution in [1.29, 1.82) is 0 Å². The molecule has 1 aromatic carbocycles. The molecule has 2 aromatic rings. The van der Waals surface area contributed by atoms with Gasteiger partial charge in [-0.3, -0.25) is 14.4 Å². The summed E-state index contributed by atoms with van der Waals surface area (Å²) in [5.74, 6) is 1.11. The number of carbonyl (C=O) groups excluding carboxylic acids is 3. The molecule has 0 aliphatic carbocycles. The number of thiazole rings is 1. The second kappa shape index (κ2) is 20.9. The Morgan fingerprint density at radius 2 is 1.59 bits per heavy atom. The zero-order valence-electron chi connectivity index (χ0n) is 28.9. The fraction of sp³-hybridized carbons (Fsp3) is 0.600. The number of nitrogens with one attached hydrogen (secondary N) is 2. The predicted octanol–water partition coefficient (Wildman–Crippen LogP) is 1.94.